The Morgan fingerprint density at radius 2 is 1.94 bits per heavy atom. The van der Waals surface area contributed by atoms with E-state index in [2.05, 4.69) is 5.32 Å². The monoisotopic (exact) mass is 231 g/mol. The molecule has 17 heavy (non-hydrogen) atoms. The summed E-state index contributed by atoms with van der Waals surface area (Å²) in [5.41, 5.74) is 1.08. The van der Waals surface area contributed by atoms with E-state index in [0.29, 0.717) is 0 Å². The lowest BCUT2D eigenvalue weighted by atomic mass is 10.1. The molecule has 0 saturated carbocycles. The molecular formula is C14H17NO2. The summed E-state index contributed by atoms with van der Waals surface area (Å²) in [6.45, 7) is 2.08. The Hall–Kier alpha value is -1.58. The van der Waals surface area contributed by atoms with Gasteiger partial charge in [-0.3, -0.25) is 5.32 Å². The van der Waals surface area contributed by atoms with Crippen molar-refractivity contribution in [1.29, 1.82) is 0 Å². The molecule has 0 radical (unpaired) electrons. The van der Waals surface area contributed by atoms with Crippen molar-refractivity contribution < 1.29 is 9.52 Å². The Morgan fingerprint density at radius 3 is 2.53 bits per heavy atom. The van der Waals surface area contributed by atoms with Crippen LogP contribution in [0.4, 0.5) is 0 Å². The second kappa shape index (κ2) is 5.66. The molecule has 3 nitrogen and oxygen atoms in total. The van der Waals surface area contributed by atoms with E-state index in [9.17, 15) is 5.11 Å². The van der Waals surface area contributed by atoms with E-state index < -0.39 is 0 Å². The fraction of sp³-hybridized carbons (Fsp3) is 0.286. The maximum atomic E-state index is 9.43. The smallest absolute Gasteiger partial charge is 0.120 e. The van der Waals surface area contributed by atoms with Crippen LogP contribution in [0, 0.1) is 0 Å². The van der Waals surface area contributed by atoms with E-state index in [1.54, 1.807) is 6.26 Å². The standard InChI is InChI=1S/C14H17NO2/c1-11(14-8-5-9-17-14)15-13(10-16)12-6-3-2-4-7-12/h2-9,11,13,15-16H,10H2,1H3/t11?,13-/m0/s1. The zero-order valence-electron chi connectivity index (χ0n) is 9.84. The Morgan fingerprint density at radius 1 is 1.18 bits per heavy atom. The van der Waals surface area contributed by atoms with Crippen LogP contribution < -0.4 is 5.32 Å². The Labute approximate surface area is 101 Å². The molecule has 1 unspecified atom stereocenters. The summed E-state index contributed by atoms with van der Waals surface area (Å²) in [6.07, 6.45) is 1.66. The minimum Gasteiger partial charge on any atom is -0.468 e. The molecule has 0 aliphatic heterocycles. The van der Waals surface area contributed by atoms with Crippen molar-refractivity contribution >= 4 is 0 Å². The average molecular weight is 231 g/mol. The third-order valence-electron chi connectivity index (χ3n) is 2.81. The van der Waals surface area contributed by atoms with Crippen molar-refractivity contribution in [2.24, 2.45) is 0 Å². The van der Waals surface area contributed by atoms with Gasteiger partial charge in [-0.2, -0.15) is 0 Å². The largest absolute Gasteiger partial charge is 0.468 e. The molecule has 0 bridgehead atoms. The SMILES string of the molecule is CC(N[C@@H](CO)c1ccccc1)c1ccco1. The van der Waals surface area contributed by atoms with E-state index in [1.807, 2.05) is 49.4 Å². The van der Waals surface area contributed by atoms with E-state index in [1.165, 1.54) is 0 Å². The summed E-state index contributed by atoms with van der Waals surface area (Å²) in [5.74, 6) is 0.874. The minimum absolute atomic E-state index is 0.0645. The molecule has 0 aliphatic rings. The zero-order valence-corrected chi connectivity index (χ0v) is 9.84. The van der Waals surface area contributed by atoms with Crippen molar-refractivity contribution in [2.45, 2.75) is 19.0 Å². The van der Waals surface area contributed by atoms with Crippen LogP contribution in [0.1, 0.15) is 30.3 Å². The maximum absolute atomic E-state index is 9.43. The molecule has 0 fully saturated rings. The summed E-state index contributed by atoms with van der Waals surface area (Å²) < 4.78 is 5.33. The maximum Gasteiger partial charge on any atom is 0.120 e. The van der Waals surface area contributed by atoms with E-state index in [4.69, 9.17) is 4.42 Å². The number of hydrogen-bond donors (Lipinski definition) is 2. The van der Waals surface area contributed by atoms with Crippen LogP contribution in [0.3, 0.4) is 0 Å². The first kappa shape index (κ1) is 11.9. The Kier molecular flexibility index (Phi) is 3.96. The normalized spacial score (nSPS) is 14.5. The molecule has 0 aliphatic carbocycles. The molecule has 2 aromatic rings. The van der Waals surface area contributed by atoms with E-state index in [0.717, 1.165) is 11.3 Å². The molecular weight excluding hydrogens is 214 g/mol. The summed E-state index contributed by atoms with van der Waals surface area (Å²) >= 11 is 0. The molecule has 2 rings (SSSR count). The molecule has 0 amide bonds. The number of nitrogens with one attached hydrogen (secondary N) is 1. The second-order valence-electron chi connectivity index (χ2n) is 4.05. The predicted octanol–water partition coefficient (Wildman–Crippen LogP) is 2.66. The van der Waals surface area contributed by atoms with Gasteiger partial charge >= 0.3 is 0 Å². The van der Waals surface area contributed by atoms with E-state index in [-0.39, 0.29) is 18.7 Å². The van der Waals surface area contributed by atoms with Gasteiger partial charge in [-0.1, -0.05) is 30.3 Å². The highest BCUT2D eigenvalue weighted by atomic mass is 16.3. The third kappa shape index (κ3) is 2.96. The number of aliphatic hydroxyl groups excluding tert-OH is 1. The van der Waals surface area contributed by atoms with Gasteiger partial charge in [-0.05, 0) is 24.6 Å². The Balaban J connectivity index is 2.06. The quantitative estimate of drug-likeness (QED) is 0.831. The van der Waals surface area contributed by atoms with Crippen molar-refractivity contribution in [3.8, 4) is 0 Å². The third-order valence-corrected chi connectivity index (χ3v) is 2.81. The van der Waals surface area contributed by atoms with Gasteiger partial charge in [0.1, 0.15) is 5.76 Å². The van der Waals surface area contributed by atoms with E-state index >= 15 is 0 Å². The highest BCUT2D eigenvalue weighted by Gasteiger charge is 2.15. The lowest BCUT2D eigenvalue weighted by Gasteiger charge is -2.20. The number of aliphatic hydroxyl groups is 1. The van der Waals surface area contributed by atoms with Crippen molar-refractivity contribution in [3.63, 3.8) is 0 Å². The van der Waals surface area contributed by atoms with Crippen molar-refractivity contribution in [2.75, 3.05) is 6.61 Å². The first-order valence-corrected chi connectivity index (χ1v) is 5.76. The first-order chi connectivity index (χ1) is 8.31. The van der Waals surface area contributed by atoms with Gasteiger partial charge in [0.05, 0.1) is 25.0 Å². The minimum atomic E-state index is -0.0729. The van der Waals surface area contributed by atoms with Gasteiger partial charge in [0.2, 0.25) is 0 Å². The summed E-state index contributed by atoms with van der Waals surface area (Å²) in [7, 11) is 0. The van der Waals surface area contributed by atoms with Gasteiger partial charge in [0, 0.05) is 0 Å². The molecule has 2 atom stereocenters. The highest BCUT2D eigenvalue weighted by molar-refractivity contribution is 5.19. The van der Waals surface area contributed by atoms with Gasteiger partial charge in [-0.15, -0.1) is 0 Å². The van der Waals surface area contributed by atoms with Gasteiger partial charge in [-0.25, -0.2) is 0 Å². The molecule has 0 spiro atoms. The molecule has 90 valence electrons. The van der Waals surface area contributed by atoms with Gasteiger partial charge < -0.3 is 9.52 Å². The van der Waals surface area contributed by atoms with Gasteiger partial charge in [0.15, 0.2) is 0 Å². The van der Waals surface area contributed by atoms with Crippen LogP contribution in [0.2, 0.25) is 0 Å². The Bertz CT molecular complexity index is 425. The number of rotatable bonds is 5. The zero-order chi connectivity index (χ0) is 12.1. The molecule has 1 aromatic heterocycles. The van der Waals surface area contributed by atoms with Gasteiger partial charge in [0.25, 0.3) is 0 Å². The van der Waals surface area contributed by atoms with Crippen LogP contribution in [0.15, 0.2) is 53.1 Å². The molecule has 0 saturated heterocycles. The van der Waals surface area contributed by atoms with Crippen LogP contribution in [-0.2, 0) is 0 Å². The van der Waals surface area contributed by atoms with Crippen LogP contribution in [-0.4, -0.2) is 11.7 Å². The average Bonchev–Trinajstić information content (AvgIpc) is 2.90. The highest BCUT2D eigenvalue weighted by Crippen LogP contribution is 2.19. The predicted molar refractivity (Wildman–Crippen MR) is 66.5 cm³/mol. The summed E-state index contributed by atoms with van der Waals surface area (Å²) in [5, 5.41) is 12.8. The molecule has 1 heterocycles. The van der Waals surface area contributed by atoms with Crippen molar-refractivity contribution in [3.05, 3.63) is 60.1 Å². The van der Waals surface area contributed by atoms with Crippen LogP contribution in [0.5, 0.6) is 0 Å². The van der Waals surface area contributed by atoms with Crippen LogP contribution >= 0.6 is 0 Å². The van der Waals surface area contributed by atoms with Crippen LogP contribution in [0.25, 0.3) is 0 Å². The lowest BCUT2D eigenvalue weighted by Crippen LogP contribution is -2.27. The molecule has 3 heteroatoms. The number of furan rings is 1. The number of hydrogen-bond acceptors (Lipinski definition) is 3. The number of benzene rings is 1. The molecule has 1 aromatic carbocycles. The summed E-state index contributed by atoms with van der Waals surface area (Å²) in [6, 6.07) is 13.7. The summed E-state index contributed by atoms with van der Waals surface area (Å²) in [4.78, 5) is 0. The fourth-order valence-electron chi connectivity index (χ4n) is 1.86. The first-order valence-electron chi connectivity index (χ1n) is 5.76. The molecule has 2 N–H and O–H groups in total. The second-order valence-corrected chi connectivity index (χ2v) is 4.05. The fourth-order valence-corrected chi connectivity index (χ4v) is 1.86. The topological polar surface area (TPSA) is 45.4 Å². The lowest BCUT2D eigenvalue weighted by molar-refractivity contribution is 0.230. The van der Waals surface area contributed by atoms with Crippen molar-refractivity contribution in [1.82, 2.24) is 5.32 Å².